The van der Waals surface area contributed by atoms with Crippen LogP contribution in [0.25, 0.3) is 0 Å². The molecule has 4 aliphatic carbocycles. The third-order valence-corrected chi connectivity index (χ3v) is 6.45. The van der Waals surface area contributed by atoms with Gasteiger partial charge in [0.1, 0.15) is 5.69 Å². The number of nitrogens with one attached hydrogen (secondary N) is 1. The van der Waals surface area contributed by atoms with E-state index in [4.69, 9.17) is 0 Å². The average Bonchev–Trinajstić information content (AvgIpc) is 3.27. The molecule has 0 aliphatic heterocycles. The molecule has 4 saturated carbocycles. The Balaban J connectivity index is 1.34. The second-order valence-corrected chi connectivity index (χ2v) is 8.08. The van der Waals surface area contributed by atoms with E-state index in [1.165, 1.54) is 32.1 Å². The molecule has 20 heavy (non-hydrogen) atoms. The van der Waals surface area contributed by atoms with Gasteiger partial charge in [-0.1, -0.05) is 0 Å². The van der Waals surface area contributed by atoms with Gasteiger partial charge in [0.2, 0.25) is 0 Å². The molecule has 4 fully saturated rings. The highest BCUT2D eigenvalue weighted by Gasteiger charge is 2.65. The zero-order chi connectivity index (χ0) is 13.4. The quantitative estimate of drug-likeness (QED) is 0.903. The lowest BCUT2D eigenvalue weighted by atomic mass is 10.0. The number of carbonyl (C=O) groups excluding carboxylic acids is 1. The molecule has 4 heteroatoms. The first-order valence-electron chi connectivity index (χ1n) is 7.90. The third kappa shape index (κ3) is 1.60. The SMILES string of the molecule is O=C(NC1C2C3CCC(C3)C12)c1cc(Br)cn1C1CC1. The monoisotopic (exact) mass is 334 g/mol. The van der Waals surface area contributed by atoms with Gasteiger partial charge in [0.05, 0.1) is 0 Å². The standard InChI is InChI=1S/C16H19BrN2O/c17-10-6-12(19(7-10)11-3-4-11)16(20)18-15-13-8-1-2-9(5-8)14(13)15/h6-9,11,13-15H,1-5H2,(H,18,20). The van der Waals surface area contributed by atoms with E-state index >= 15 is 0 Å². The first kappa shape index (κ1) is 11.8. The van der Waals surface area contributed by atoms with Crippen molar-refractivity contribution in [1.82, 2.24) is 9.88 Å². The fourth-order valence-electron chi connectivity index (χ4n) is 5.03. The van der Waals surface area contributed by atoms with E-state index in [-0.39, 0.29) is 5.91 Å². The summed E-state index contributed by atoms with van der Waals surface area (Å²) in [6.45, 7) is 0. The summed E-state index contributed by atoms with van der Waals surface area (Å²) in [5.41, 5.74) is 0.844. The molecule has 4 aliphatic rings. The maximum Gasteiger partial charge on any atom is 0.268 e. The Hall–Kier alpha value is -0.770. The van der Waals surface area contributed by atoms with Crippen LogP contribution >= 0.6 is 15.9 Å². The molecule has 106 valence electrons. The number of hydrogen-bond acceptors (Lipinski definition) is 1. The molecule has 1 N–H and O–H groups in total. The van der Waals surface area contributed by atoms with Crippen molar-refractivity contribution >= 4 is 21.8 Å². The van der Waals surface area contributed by atoms with E-state index in [2.05, 4.69) is 32.0 Å². The lowest BCUT2D eigenvalue weighted by Crippen LogP contribution is -2.31. The maximum absolute atomic E-state index is 12.6. The Bertz CT molecular complexity index is 575. The first-order chi connectivity index (χ1) is 9.72. The smallest absolute Gasteiger partial charge is 0.268 e. The highest BCUT2D eigenvalue weighted by molar-refractivity contribution is 9.10. The predicted octanol–water partition coefficient (Wildman–Crippen LogP) is 3.36. The van der Waals surface area contributed by atoms with Gasteiger partial charge in [-0.25, -0.2) is 0 Å². The third-order valence-electron chi connectivity index (χ3n) is 6.02. The lowest BCUT2D eigenvalue weighted by molar-refractivity contribution is 0.0934. The van der Waals surface area contributed by atoms with Crippen molar-refractivity contribution in [3.8, 4) is 0 Å². The molecule has 1 aromatic rings. The van der Waals surface area contributed by atoms with Crippen LogP contribution in [-0.4, -0.2) is 16.5 Å². The number of fused-ring (bicyclic) bond motifs is 5. The lowest BCUT2D eigenvalue weighted by Gasteiger charge is -2.12. The Morgan fingerprint density at radius 1 is 1.20 bits per heavy atom. The molecule has 0 saturated heterocycles. The molecule has 3 nitrogen and oxygen atoms in total. The number of aromatic nitrogens is 1. The largest absolute Gasteiger partial charge is 0.347 e. The van der Waals surface area contributed by atoms with Crippen LogP contribution in [0.2, 0.25) is 0 Å². The molecular formula is C16H19BrN2O. The summed E-state index contributed by atoms with van der Waals surface area (Å²) in [7, 11) is 0. The highest BCUT2D eigenvalue weighted by Crippen LogP contribution is 2.65. The van der Waals surface area contributed by atoms with E-state index in [0.29, 0.717) is 12.1 Å². The van der Waals surface area contributed by atoms with Crippen molar-refractivity contribution in [3.63, 3.8) is 0 Å². The van der Waals surface area contributed by atoms with Crippen LogP contribution in [0.3, 0.4) is 0 Å². The van der Waals surface area contributed by atoms with Gasteiger partial charge in [0.25, 0.3) is 5.91 Å². The van der Waals surface area contributed by atoms with Crippen molar-refractivity contribution in [1.29, 1.82) is 0 Å². The van der Waals surface area contributed by atoms with Crippen LogP contribution in [-0.2, 0) is 0 Å². The molecular weight excluding hydrogens is 316 g/mol. The molecule has 4 atom stereocenters. The summed E-state index contributed by atoms with van der Waals surface area (Å²) in [5.74, 6) is 3.59. The van der Waals surface area contributed by atoms with Gasteiger partial charge in [-0.3, -0.25) is 4.79 Å². The highest BCUT2D eigenvalue weighted by atomic mass is 79.9. The molecule has 0 spiro atoms. The van der Waals surface area contributed by atoms with Gasteiger partial charge in [-0.2, -0.15) is 0 Å². The number of hydrogen-bond donors (Lipinski definition) is 1. The predicted molar refractivity (Wildman–Crippen MR) is 79.5 cm³/mol. The minimum atomic E-state index is 0.140. The van der Waals surface area contributed by atoms with Gasteiger partial charge >= 0.3 is 0 Å². The van der Waals surface area contributed by atoms with Crippen LogP contribution in [0.4, 0.5) is 0 Å². The van der Waals surface area contributed by atoms with E-state index in [0.717, 1.165) is 33.8 Å². The summed E-state index contributed by atoms with van der Waals surface area (Å²) < 4.78 is 3.18. The van der Waals surface area contributed by atoms with Crippen molar-refractivity contribution in [2.24, 2.45) is 23.7 Å². The number of nitrogens with zero attached hydrogens (tertiary/aromatic N) is 1. The summed E-state index contributed by atoms with van der Waals surface area (Å²) >= 11 is 3.51. The number of amides is 1. The topological polar surface area (TPSA) is 34.0 Å². The molecule has 0 radical (unpaired) electrons. The fourth-order valence-corrected chi connectivity index (χ4v) is 5.46. The first-order valence-corrected chi connectivity index (χ1v) is 8.70. The maximum atomic E-state index is 12.6. The van der Waals surface area contributed by atoms with Crippen LogP contribution in [0.1, 0.15) is 48.6 Å². The van der Waals surface area contributed by atoms with Gasteiger partial charge in [-0.15, -0.1) is 0 Å². The normalized spacial score (nSPS) is 40.8. The second-order valence-electron chi connectivity index (χ2n) is 7.17. The van der Waals surface area contributed by atoms with Crippen LogP contribution in [0, 0.1) is 23.7 Å². The summed E-state index contributed by atoms with van der Waals surface area (Å²) in [5, 5.41) is 3.33. The summed E-state index contributed by atoms with van der Waals surface area (Å²) in [6.07, 6.45) is 8.72. The minimum absolute atomic E-state index is 0.140. The number of rotatable bonds is 3. The van der Waals surface area contributed by atoms with Crippen molar-refractivity contribution in [2.45, 2.75) is 44.2 Å². The van der Waals surface area contributed by atoms with Gasteiger partial charge < -0.3 is 9.88 Å². The molecule has 1 heterocycles. The number of carbonyl (C=O) groups is 1. The van der Waals surface area contributed by atoms with Gasteiger partial charge in [-0.05, 0) is 77.8 Å². The van der Waals surface area contributed by atoms with Gasteiger partial charge in [0, 0.05) is 22.8 Å². The molecule has 4 unspecified atom stereocenters. The second kappa shape index (κ2) is 3.90. The Morgan fingerprint density at radius 2 is 1.90 bits per heavy atom. The molecule has 1 aromatic heterocycles. The zero-order valence-corrected chi connectivity index (χ0v) is 13.0. The fraction of sp³-hybridized carbons (Fsp3) is 0.688. The van der Waals surface area contributed by atoms with E-state index < -0.39 is 0 Å². The average molecular weight is 335 g/mol. The molecule has 1 amide bonds. The van der Waals surface area contributed by atoms with E-state index in [1.807, 2.05) is 6.07 Å². The van der Waals surface area contributed by atoms with Gasteiger partial charge in [0.15, 0.2) is 0 Å². The van der Waals surface area contributed by atoms with Crippen LogP contribution in [0.15, 0.2) is 16.7 Å². The molecule has 5 rings (SSSR count). The van der Waals surface area contributed by atoms with Crippen molar-refractivity contribution in [3.05, 3.63) is 22.4 Å². The Labute approximate surface area is 127 Å². The minimum Gasteiger partial charge on any atom is -0.347 e. The van der Waals surface area contributed by atoms with Crippen LogP contribution < -0.4 is 5.32 Å². The Morgan fingerprint density at radius 3 is 2.55 bits per heavy atom. The van der Waals surface area contributed by atoms with Crippen molar-refractivity contribution in [2.75, 3.05) is 0 Å². The van der Waals surface area contributed by atoms with E-state index in [1.54, 1.807) is 0 Å². The Kier molecular flexibility index (Phi) is 2.31. The summed E-state index contributed by atoms with van der Waals surface area (Å²) in [6, 6.07) is 3.01. The summed E-state index contributed by atoms with van der Waals surface area (Å²) in [4.78, 5) is 12.6. The number of halogens is 1. The van der Waals surface area contributed by atoms with Crippen molar-refractivity contribution < 1.29 is 4.79 Å². The zero-order valence-electron chi connectivity index (χ0n) is 11.4. The van der Waals surface area contributed by atoms with E-state index in [9.17, 15) is 4.79 Å². The molecule has 2 bridgehead atoms. The van der Waals surface area contributed by atoms with Crippen LogP contribution in [0.5, 0.6) is 0 Å². The molecule has 0 aromatic carbocycles.